The molecule has 0 saturated heterocycles. The van der Waals surface area contributed by atoms with Gasteiger partial charge in [0.05, 0.1) is 5.69 Å². The van der Waals surface area contributed by atoms with Crippen molar-refractivity contribution in [3.05, 3.63) is 47.3 Å². The van der Waals surface area contributed by atoms with Crippen molar-refractivity contribution in [1.82, 2.24) is 9.78 Å². The zero-order chi connectivity index (χ0) is 13.2. The highest BCUT2D eigenvalue weighted by Crippen LogP contribution is 2.33. The molecule has 0 amide bonds. The molecular weight excluding hydrogens is 234 g/mol. The van der Waals surface area contributed by atoms with E-state index < -0.39 is 0 Å². The van der Waals surface area contributed by atoms with Crippen LogP contribution >= 0.6 is 0 Å². The average Bonchev–Trinajstić information content (AvgIpc) is 2.79. The second-order valence-corrected chi connectivity index (χ2v) is 5.30. The molecule has 2 aromatic rings. The number of aryl methyl sites for hydroxylation is 2. The van der Waals surface area contributed by atoms with Crippen molar-refractivity contribution in [2.75, 3.05) is 11.9 Å². The molecule has 1 aliphatic rings. The number of benzene rings is 1. The molecule has 1 N–H and O–H groups in total. The average molecular weight is 255 g/mol. The number of nitrogens with zero attached hydrogens (tertiary/aromatic N) is 2. The van der Waals surface area contributed by atoms with E-state index in [9.17, 15) is 0 Å². The van der Waals surface area contributed by atoms with Crippen LogP contribution in [0.2, 0.25) is 0 Å². The minimum absolute atomic E-state index is 0.610. The first-order valence-electron chi connectivity index (χ1n) is 7.14. The molecule has 3 rings (SSSR count). The molecule has 0 radical (unpaired) electrons. The van der Waals surface area contributed by atoms with E-state index in [4.69, 9.17) is 0 Å². The summed E-state index contributed by atoms with van der Waals surface area (Å²) in [6.07, 6.45) is 2.29. The van der Waals surface area contributed by atoms with E-state index in [0.29, 0.717) is 5.92 Å². The van der Waals surface area contributed by atoms with Crippen molar-refractivity contribution in [1.29, 1.82) is 0 Å². The summed E-state index contributed by atoms with van der Waals surface area (Å²) in [5.74, 6) is 0.610. The predicted molar refractivity (Wildman–Crippen MR) is 78.6 cm³/mol. The van der Waals surface area contributed by atoms with Crippen LogP contribution in [0.3, 0.4) is 0 Å². The van der Waals surface area contributed by atoms with E-state index in [1.165, 1.54) is 23.4 Å². The third-order valence-corrected chi connectivity index (χ3v) is 3.95. The molecule has 100 valence electrons. The molecule has 1 aliphatic heterocycles. The van der Waals surface area contributed by atoms with Gasteiger partial charge in [0, 0.05) is 24.5 Å². The highest BCUT2D eigenvalue weighted by molar-refractivity contribution is 5.54. The maximum Gasteiger partial charge on any atom is 0.0596 e. The maximum atomic E-state index is 4.55. The summed E-state index contributed by atoms with van der Waals surface area (Å²) in [7, 11) is 0. The number of para-hydroxylation sites is 1. The van der Waals surface area contributed by atoms with Gasteiger partial charge in [-0.15, -0.1) is 0 Å². The Labute approximate surface area is 114 Å². The van der Waals surface area contributed by atoms with Gasteiger partial charge in [0.1, 0.15) is 0 Å². The summed E-state index contributed by atoms with van der Waals surface area (Å²) >= 11 is 0. The van der Waals surface area contributed by atoms with Crippen LogP contribution in [0.1, 0.15) is 36.2 Å². The van der Waals surface area contributed by atoms with E-state index >= 15 is 0 Å². The third-order valence-electron chi connectivity index (χ3n) is 3.95. The number of nitrogens with one attached hydrogen (secondary N) is 1. The molecule has 0 fully saturated rings. The Morgan fingerprint density at radius 1 is 1.37 bits per heavy atom. The van der Waals surface area contributed by atoms with E-state index in [1.807, 2.05) is 0 Å². The van der Waals surface area contributed by atoms with Crippen LogP contribution in [0.15, 0.2) is 30.3 Å². The van der Waals surface area contributed by atoms with E-state index in [0.717, 1.165) is 25.2 Å². The lowest BCUT2D eigenvalue weighted by Crippen LogP contribution is -2.19. The first-order valence-corrected chi connectivity index (χ1v) is 7.14. The molecule has 0 bridgehead atoms. The largest absolute Gasteiger partial charge is 0.385 e. The van der Waals surface area contributed by atoms with Crippen LogP contribution < -0.4 is 5.32 Å². The lowest BCUT2D eigenvalue weighted by molar-refractivity contribution is 0.559. The standard InChI is InChI=1S/C16H21N3/c1-3-19-14(10-12(2)18-19)11-13-8-9-17-16-7-5-4-6-15(13)16/h4-7,10,13,17H,3,8-9,11H2,1-2H3. The Balaban J connectivity index is 1.88. The molecule has 3 heteroatoms. The van der Waals surface area contributed by atoms with Crippen LogP contribution in [0.25, 0.3) is 0 Å². The van der Waals surface area contributed by atoms with Gasteiger partial charge in [-0.05, 0) is 50.3 Å². The summed E-state index contributed by atoms with van der Waals surface area (Å²) in [5.41, 5.74) is 5.24. The third kappa shape index (κ3) is 2.37. The van der Waals surface area contributed by atoms with Crippen LogP contribution in [0.5, 0.6) is 0 Å². The van der Waals surface area contributed by atoms with Crippen LogP contribution in [-0.4, -0.2) is 16.3 Å². The Morgan fingerprint density at radius 2 is 2.21 bits per heavy atom. The molecule has 0 aliphatic carbocycles. The Kier molecular flexibility index (Phi) is 3.28. The Bertz CT molecular complexity index is 571. The Hall–Kier alpha value is -1.77. The number of hydrogen-bond acceptors (Lipinski definition) is 2. The number of aromatic nitrogens is 2. The van der Waals surface area contributed by atoms with Crippen molar-refractivity contribution in [3.8, 4) is 0 Å². The summed E-state index contributed by atoms with van der Waals surface area (Å²) in [5, 5.41) is 8.04. The maximum absolute atomic E-state index is 4.55. The van der Waals surface area contributed by atoms with Gasteiger partial charge in [-0.25, -0.2) is 0 Å². The molecule has 1 unspecified atom stereocenters. The Morgan fingerprint density at radius 3 is 3.05 bits per heavy atom. The normalized spacial score (nSPS) is 17.9. The highest BCUT2D eigenvalue weighted by Gasteiger charge is 2.21. The minimum atomic E-state index is 0.610. The first-order chi connectivity index (χ1) is 9.28. The number of rotatable bonds is 3. The monoisotopic (exact) mass is 255 g/mol. The second kappa shape index (κ2) is 5.08. The quantitative estimate of drug-likeness (QED) is 0.911. The van der Waals surface area contributed by atoms with Gasteiger partial charge in [-0.3, -0.25) is 4.68 Å². The predicted octanol–water partition coefficient (Wildman–Crippen LogP) is 3.35. The lowest BCUT2D eigenvalue weighted by Gasteiger charge is -2.26. The molecule has 0 spiro atoms. The fourth-order valence-corrected chi connectivity index (χ4v) is 3.05. The number of anilines is 1. The summed E-state index contributed by atoms with van der Waals surface area (Å²) in [4.78, 5) is 0. The van der Waals surface area contributed by atoms with Gasteiger partial charge in [0.2, 0.25) is 0 Å². The van der Waals surface area contributed by atoms with Gasteiger partial charge >= 0.3 is 0 Å². The zero-order valence-electron chi connectivity index (χ0n) is 11.7. The van der Waals surface area contributed by atoms with E-state index in [1.54, 1.807) is 0 Å². The fraction of sp³-hybridized carbons (Fsp3) is 0.438. The van der Waals surface area contributed by atoms with Crippen LogP contribution in [0, 0.1) is 6.92 Å². The zero-order valence-corrected chi connectivity index (χ0v) is 11.7. The molecule has 0 saturated carbocycles. The smallest absolute Gasteiger partial charge is 0.0596 e. The molecule has 1 aromatic carbocycles. The lowest BCUT2D eigenvalue weighted by atomic mass is 9.87. The van der Waals surface area contributed by atoms with Gasteiger partial charge in [0.25, 0.3) is 0 Å². The van der Waals surface area contributed by atoms with Crippen molar-refractivity contribution in [2.24, 2.45) is 0 Å². The highest BCUT2D eigenvalue weighted by atomic mass is 15.3. The molecular formula is C16H21N3. The van der Waals surface area contributed by atoms with Crippen LogP contribution in [-0.2, 0) is 13.0 Å². The topological polar surface area (TPSA) is 29.9 Å². The van der Waals surface area contributed by atoms with Crippen molar-refractivity contribution >= 4 is 5.69 Å². The SMILES string of the molecule is CCn1nc(C)cc1CC1CCNc2ccccc21. The number of hydrogen-bond donors (Lipinski definition) is 1. The van der Waals surface area contributed by atoms with E-state index in [2.05, 4.69) is 59.3 Å². The van der Waals surface area contributed by atoms with Crippen molar-refractivity contribution in [2.45, 2.75) is 39.2 Å². The molecule has 1 atom stereocenters. The van der Waals surface area contributed by atoms with Gasteiger partial charge in [-0.2, -0.15) is 5.10 Å². The van der Waals surface area contributed by atoms with Crippen molar-refractivity contribution in [3.63, 3.8) is 0 Å². The second-order valence-electron chi connectivity index (χ2n) is 5.30. The summed E-state index contributed by atoms with van der Waals surface area (Å²) in [6, 6.07) is 10.9. The van der Waals surface area contributed by atoms with Crippen LogP contribution in [0.4, 0.5) is 5.69 Å². The molecule has 2 heterocycles. The fourth-order valence-electron chi connectivity index (χ4n) is 3.05. The number of fused-ring (bicyclic) bond motifs is 1. The molecule has 1 aromatic heterocycles. The summed E-state index contributed by atoms with van der Waals surface area (Å²) < 4.78 is 2.14. The van der Waals surface area contributed by atoms with Crippen molar-refractivity contribution < 1.29 is 0 Å². The molecule has 19 heavy (non-hydrogen) atoms. The summed E-state index contributed by atoms with van der Waals surface area (Å²) in [6.45, 7) is 6.26. The van der Waals surface area contributed by atoms with E-state index in [-0.39, 0.29) is 0 Å². The van der Waals surface area contributed by atoms with Gasteiger partial charge < -0.3 is 5.32 Å². The van der Waals surface area contributed by atoms with Gasteiger partial charge in [-0.1, -0.05) is 18.2 Å². The first kappa shape index (κ1) is 12.3. The minimum Gasteiger partial charge on any atom is -0.385 e. The molecule has 3 nitrogen and oxygen atoms in total. The van der Waals surface area contributed by atoms with Gasteiger partial charge in [0.15, 0.2) is 0 Å².